The monoisotopic (exact) mass is 405 g/mol. The summed E-state index contributed by atoms with van der Waals surface area (Å²) in [5.74, 6) is 0.757. The van der Waals surface area contributed by atoms with Crippen molar-refractivity contribution in [1.82, 2.24) is 25.1 Å². The molecule has 3 aromatic rings. The lowest BCUT2D eigenvalue weighted by Crippen LogP contribution is -2.44. The van der Waals surface area contributed by atoms with E-state index in [0.29, 0.717) is 34.5 Å². The predicted octanol–water partition coefficient (Wildman–Crippen LogP) is 3.77. The molecule has 0 bridgehead atoms. The summed E-state index contributed by atoms with van der Waals surface area (Å²) in [7, 11) is 0. The van der Waals surface area contributed by atoms with E-state index in [9.17, 15) is 4.79 Å². The number of H-pyrrole nitrogens is 1. The highest BCUT2D eigenvalue weighted by molar-refractivity contribution is 6.42. The molecule has 1 aliphatic heterocycles. The molecule has 2 amide bonds. The van der Waals surface area contributed by atoms with Gasteiger partial charge >= 0.3 is 6.03 Å². The van der Waals surface area contributed by atoms with Crippen LogP contribution >= 0.6 is 23.2 Å². The molecular weight excluding hydrogens is 389 g/mol. The summed E-state index contributed by atoms with van der Waals surface area (Å²) in [5, 5.41) is 14.8. The molecule has 27 heavy (non-hydrogen) atoms. The van der Waals surface area contributed by atoms with Crippen molar-refractivity contribution < 1.29 is 4.79 Å². The van der Waals surface area contributed by atoms with Crippen LogP contribution in [0.3, 0.4) is 0 Å². The number of hydrogen-bond acceptors (Lipinski definition) is 5. The third kappa shape index (κ3) is 3.91. The summed E-state index contributed by atoms with van der Waals surface area (Å²) < 4.78 is 0. The van der Waals surface area contributed by atoms with Gasteiger partial charge in [-0.3, -0.25) is 5.10 Å². The van der Waals surface area contributed by atoms with Gasteiger partial charge in [0, 0.05) is 24.8 Å². The highest BCUT2D eigenvalue weighted by Gasteiger charge is 2.23. The van der Waals surface area contributed by atoms with E-state index in [1.807, 2.05) is 0 Å². The highest BCUT2D eigenvalue weighted by Crippen LogP contribution is 2.26. The van der Waals surface area contributed by atoms with Gasteiger partial charge < -0.3 is 15.5 Å². The third-order valence-corrected chi connectivity index (χ3v) is 5.28. The molecule has 10 heteroatoms. The first kappa shape index (κ1) is 17.8. The number of urea groups is 1. The van der Waals surface area contributed by atoms with Crippen molar-refractivity contribution in [2.24, 2.45) is 0 Å². The summed E-state index contributed by atoms with van der Waals surface area (Å²) in [6.45, 7) is 1.29. The zero-order valence-electron chi connectivity index (χ0n) is 14.2. The number of aromatic amines is 1. The van der Waals surface area contributed by atoms with Crippen molar-refractivity contribution in [2.75, 3.05) is 23.7 Å². The van der Waals surface area contributed by atoms with Gasteiger partial charge in [0.25, 0.3) is 0 Å². The Labute approximate surface area is 165 Å². The van der Waals surface area contributed by atoms with Gasteiger partial charge in [0.05, 0.1) is 21.6 Å². The largest absolute Gasteiger partial charge is 0.366 e. The smallest absolute Gasteiger partial charge is 0.321 e. The number of nitrogens with one attached hydrogen (secondary N) is 3. The molecule has 2 aromatic heterocycles. The average molecular weight is 406 g/mol. The molecule has 140 valence electrons. The van der Waals surface area contributed by atoms with E-state index >= 15 is 0 Å². The van der Waals surface area contributed by atoms with Gasteiger partial charge in [-0.25, -0.2) is 14.8 Å². The lowest BCUT2D eigenvalue weighted by molar-refractivity contribution is 0.197. The predicted molar refractivity (Wildman–Crippen MR) is 105 cm³/mol. The quantitative estimate of drug-likeness (QED) is 0.615. The van der Waals surface area contributed by atoms with Gasteiger partial charge in [0.1, 0.15) is 12.1 Å². The zero-order chi connectivity index (χ0) is 18.8. The minimum absolute atomic E-state index is 0.147. The fourth-order valence-electron chi connectivity index (χ4n) is 3.08. The maximum absolute atomic E-state index is 12.5. The van der Waals surface area contributed by atoms with E-state index < -0.39 is 0 Å². The second-order valence-corrected chi connectivity index (χ2v) is 7.13. The van der Waals surface area contributed by atoms with E-state index in [1.54, 1.807) is 29.3 Å². The molecule has 0 radical (unpaired) electrons. The molecule has 1 fully saturated rings. The van der Waals surface area contributed by atoms with Crippen molar-refractivity contribution in [1.29, 1.82) is 0 Å². The summed E-state index contributed by atoms with van der Waals surface area (Å²) in [6, 6.07) is 5.11. The molecule has 0 unspecified atom stereocenters. The standard InChI is InChI=1S/C17H17Cl2N7O/c18-13-2-1-11(7-14(13)19)24-17(27)26-5-3-10(4-6-26)23-15-12-8-22-25-16(12)21-9-20-15/h1-2,7-10H,3-6H2,(H,24,27)(H2,20,21,22,23,25). The average Bonchev–Trinajstić information content (AvgIpc) is 3.15. The first-order chi connectivity index (χ1) is 13.1. The van der Waals surface area contributed by atoms with Crippen molar-refractivity contribution in [3.05, 3.63) is 40.8 Å². The minimum Gasteiger partial charge on any atom is -0.366 e. The summed E-state index contributed by atoms with van der Waals surface area (Å²) in [6.07, 6.45) is 4.84. The topological polar surface area (TPSA) is 98.8 Å². The lowest BCUT2D eigenvalue weighted by atomic mass is 10.1. The maximum Gasteiger partial charge on any atom is 0.321 e. The number of piperidine rings is 1. The number of anilines is 2. The van der Waals surface area contributed by atoms with Crippen LogP contribution in [0.1, 0.15) is 12.8 Å². The van der Waals surface area contributed by atoms with E-state index in [-0.39, 0.29) is 12.1 Å². The van der Waals surface area contributed by atoms with Gasteiger partial charge in [-0.1, -0.05) is 23.2 Å². The first-order valence-corrected chi connectivity index (χ1v) is 9.27. The highest BCUT2D eigenvalue weighted by atomic mass is 35.5. The van der Waals surface area contributed by atoms with Crippen LogP contribution in [0.2, 0.25) is 10.0 Å². The Morgan fingerprint density at radius 1 is 1.19 bits per heavy atom. The molecule has 1 aromatic carbocycles. The SMILES string of the molecule is O=C(Nc1ccc(Cl)c(Cl)c1)N1CCC(Nc2ncnc3[nH]ncc23)CC1. The Morgan fingerprint density at radius 3 is 2.78 bits per heavy atom. The number of fused-ring (bicyclic) bond motifs is 1. The minimum atomic E-state index is -0.147. The van der Waals surface area contributed by atoms with Crippen LogP contribution < -0.4 is 10.6 Å². The second kappa shape index (κ2) is 7.58. The second-order valence-electron chi connectivity index (χ2n) is 6.32. The van der Waals surface area contributed by atoms with Crippen LogP contribution in [0.15, 0.2) is 30.7 Å². The van der Waals surface area contributed by atoms with Gasteiger partial charge in [0.15, 0.2) is 5.65 Å². The van der Waals surface area contributed by atoms with E-state index in [1.165, 1.54) is 6.33 Å². The number of amides is 2. The Balaban J connectivity index is 1.33. The maximum atomic E-state index is 12.5. The molecule has 0 spiro atoms. The number of carbonyl (C=O) groups is 1. The number of benzene rings is 1. The molecule has 1 saturated heterocycles. The Kier molecular flexibility index (Phi) is 5.00. The molecular formula is C17H17Cl2N7O. The van der Waals surface area contributed by atoms with Crippen molar-refractivity contribution in [3.63, 3.8) is 0 Å². The molecule has 0 saturated carbocycles. The number of aromatic nitrogens is 4. The van der Waals surface area contributed by atoms with Gasteiger partial charge in [-0.15, -0.1) is 0 Å². The Morgan fingerprint density at radius 2 is 2.00 bits per heavy atom. The Hall–Kier alpha value is -2.58. The first-order valence-electron chi connectivity index (χ1n) is 8.52. The summed E-state index contributed by atoms with van der Waals surface area (Å²) >= 11 is 11.9. The van der Waals surface area contributed by atoms with Crippen molar-refractivity contribution >= 4 is 51.8 Å². The number of rotatable bonds is 3. The number of halogens is 2. The van der Waals surface area contributed by atoms with Crippen molar-refractivity contribution in [2.45, 2.75) is 18.9 Å². The fraction of sp³-hybridized carbons (Fsp3) is 0.294. The van der Waals surface area contributed by atoms with Gasteiger partial charge in [0.2, 0.25) is 0 Å². The van der Waals surface area contributed by atoms with Crippen LogP contribution in [0.4, 0.5) is 16.3 Å². The van der Waals surface area contributed by atoms with Crippen LogP contribution in [-0.4, -0.2) is 50.2 Å². The molecule has 3 N–H and O–H groups in total. The molecule has 1 aliphatic rings. The number of nitrogens with zero attached hydrogens (tertiary/aromatic N) is 4. The molecule has 3 heterocycles. The van der Waals surface area contributed by atoms with Gasteiger partial charge in [-0.2, -0.15) is 5.10 Å². The van der Waals surface area contributed by atoms with Crippen LogP contribution in [0, 0.1) is 0 Å². The number of likely N-dealkylation sites (tertiary alicyclic amines) is 1. The van der Waals surface area contributed by atoms with E-state index in [4.69, 9.17) is 23.2 Å². The molecule has 4 rings (SSSR count). The number of hydrogen-bond donors (Lipinski definition) is 3. The zero-order valence-corrected chi connectivity index (χ0v) is 15.8. The van der Waals surface area contributed by atoms with Crippen LogP contribution in [-0.2, 0) is 0 Å². The molecule has 0 aliphatic carbocycles. The Bertz CT molecular complexity index is 969. The third-order valence-electron chi connectivity index (χ3n) is 4.54. The van der Waals surface area contributed by atoms with E-state index in [0.717, 1.165) is 24.0 Å². The van der Waals surface area contributed by atoms with Crippen LogP contribution in [0.5, 0.6) is 0 Å². The van der Waals surface area contributed by atoms with E-state index in [2.05, 4.69) is 30.8 Å². The van der Waals surface area contributed by atoms with Gasteiger partial charge in [-0.05, 0) is 31.0 Å². The number of carbonyl (C=O) groups excluding carboxylic acids is 1. The molecule has 0 atom stereocenters. The summed E-state index contributed by atoms with van der Waals surface area (Å²) in [4.78, 5) is 22.7. The van der Waals surface area contributed by atoms with Crippen LogP contribution in [0.25, 0.3) is 11.0 Å². The van der Waals surface area contributed by atoms with Crippen molar-refractivity contribution in [3.8, 4) is 0 Å². The summed E-state index contributed by atoms with van der Waals surface area (Å²) in [5.41, 5.74) is 1.32. The fourth-order valence-corrected chi connectivity index (χ4v) is 3.37. The molecule has 8 nitrogen and oxygen atoms in total. The normalized spacial score (nSPS) is 15.1. The lowest BCUT2D eigenvalue weighted by Gasteiger charge is -2.32.